The van der Waals surface area contributed by atoms with Gasteiger partial charge in [0.15, 0.2) is 0 Å². The lowest BCUT2D eigenvalue weighted by molar-refractivity contribution is 0.0698. The molecule has 0 unspecified atom stereocenters. The third-order valence-electron chi connectivity index (χ3n) is 5.23. The van der Waals surface area contributed by atoms with Gasteiger partial charge in [0.2, 0.25) is 0 Å². The van der Waals surface area contributed by atoms with Gasteiger partial charge in [0.05, 0.1) is 22.4 Å². The summed E-state index contributed by atoms with van der Waals surface area (Å²) >= 11 is 0. The number of imide groups is 1. The second-order valence-electron chi connectivity index (χ2n) is 7.11. The van der Waals surface area contributed by atoms with Gasteiger partial charge in [-0.3, -0.25) is 14.7 Å². The Morgan fingerprint density at radius 3 is 2.38 bits per heavy atom. The molecule has 2 N–H and O–H groups in total. The van der Waals surface area contributed by atoms with Crippen LogP contribution in [0.4, 0.5) is 10.1 Å². The second kappa shape index (κ2) is 7.24. The number of anilines is 1. The minimum absolute atomic E-state index is 0.0894. The molecule has 1 aliphatic heterocycles. The number of benzene rings is 3. The van der Waals surface area contributed by atoms with Gasteiger partial charge in [-0.15, -0.1) is 5.10 Å². The van der Waals surface area contributed by atoms with E-state index in [-0.39, 0.29) is 22.4 Å². The molecule has 8 nitrogen and oxygen atoms in total. The quantitative estimate of drug-likeness (QED) is 0.478. The summed E-state index contributed by atoms with van der Waals surface area (Å²) in [4.78, 5) is 39.0. The highest BCUT2D eigenvalue weighted by Gasteiger charge is 2.39. The third kappa shape index (κ3) is 3.03. The zero-order valence-corrected chi connectivity index (χ0v) is 16.2. The number of nitrogens with one attached hydrogen (secondary N) is 1. The number of carboxylic acid groups (broad SMARTS) is 1. The molecule has 0 spiro atoms. The largest absolute Gasteiger partial charge is 0.478 e. The van der Waals surface area contributed by atoms with Crippen LogP contribution in [0.25, 0.3) is 22.4 Å². The summed E-state index contributed by atoms with van der Waals surface area (Å²) in [6, 6.07) is 14.6. The Morgan fingerprint density at radius 1 is 0.906 bits per heavy atom. The van der Waals surface area contributed by atoms with Crippen LogP contribution in [0, 0.1) is 5.82 Å². The molecule has 0 bridgehead atoms. The van der Waals surface area contributed by atoms with E-state index in [2.05, 4.69) is 15.4 Å². The molecule has 0 fully saturated rings. The van der Waals surface area contributed by atoms with Crippen molar-refractivity contribution in [2.45, 2.75) is 0 Å². The van der Waals surface area contributed by atoms with Crippen molar-refractivity contribution in [2.75, 3.05) is 4.90 Å². The van der Waals surface area contributed by atoms with E-state index in [0.717, 1.165) is 4.90 Å². The van der Waals surface area contributed by atoms with Crippen molar-refractivity contribution in [3.05, 3.63) is 89.4 Å². The Kier molecular flexibility index (Phi) is 4.37. The van der Waals surface area contributed by atoms with Gasteiger partial charge in [0, 0.05) is 11.8 Å². The summed E-state index contributed by atoms with van der Waals surface area (Å²) in [7, 11) is 0. The molecule has 0 saturated carbocycles. The molecule has 0 aliphatic carbocycles. The summed E-state index contributed by atoms with van der Waals surface area (Å²) in [6.45, 7) is 0. The Hall–Kier alpha value is -4.66. The molecule has 4 aromatic rings. The van der Waals surface area contributed by atoms with Crippen LogP contribution in [0.5, 0.6) is 0 Å². The minimum atomic E-state index is -1.30. The highest BCUT2D eigenvalue weighted by atomic mass is 19.1. The Morgan fingerprint density at radius 2 is 1.66 bits per heavy atom. The fourth-order valence-corrected chi connectivity index (χ4v) is 3.71. The molecule has 2 heterocycles. The molecule has 3 aromatic carbocycles. The van der Waals surface area contributed by atoms with Crippen LogP contribution >= 0.6 is 0 Å². The normalized spacial score (nSPS) is 12.8. The molecule has 156 valence electrons. The first kappa shape index (κ1) is 19.3. The van der Waals surface area contributed by atoms with Crippen LogP contribution < -0.4 is 4.90 Å². The molecule has 2 amide bonds. The van der Waals surface area contributed by atoms with Gasteiger partial charge in [-0.2, -0.15) is 0 Å². The molecule has 1 aliphatic rings. The highest BCUT2D eigenvalue weighted by molar-refractivity contribution is 6.35. The number of aromatic nitrogens is 3. The molecule has 0 radical (unpaired) electrons. The summed E-state index contributed by atoms with van der Waals surface area (Å²) in [5.41, 5.74) is 1.97. The predicted molar refractivity (Wildman–Crippen MR) is 112 cm³/mol. The maximum atomic E-state index is 13.7. The number of nitrogens with zero attached hydrogens (tertiary/aromatic N) is 3. The fourth-order valence-electron chi connectivity index (χ4n) is 3.71. The molecule has 1 aromatic heterocycles. The van der Waals surface area contributed by atoms with Crippen molar-refractivity contribution in [1.82, 2.24) is 15.4 Å². The first-order valence-electron chi connectivity index (χ1n) is 9.47. The number of aromatic carboxylic acids is 1. The van der Waals surface area contributed by atoms with Crippen LogP contribution in [0.15, 0.2) is 66.9 Å². The number of fused-ring (bicyclic) bond motifs is 1. The lowest BCUT2D eigenvalue weighted by atomic mass is 10.0. The van der Waals surface area contributed by atoms with Gasteiger partial charge in [0.25, 0.3) is 11.8 Å². The number of hydrogen-bond donors (Lipinski definition) is 2. The van der Waals surface area contributed by atoms with Gasteiger partial charge < -0.3 is 5.11 Å². The van der Waals surface area contributed by atoms with Crippen molar-refractivity contribution >= 4 is 23.5 Å². The number of rotatable bonds is 4. The number of carbonyl (C=O) groups excluding carboxylic acids is 2. The Bertz CT molecular complexity index is 1420. The van der Waals surface area contributed by atoms with E-state index in [4.69, 9.17) is 0 Å². The van der Waals surface area contributed by atoms with Gasteiger partial charge in [-0.05, 0) is 47.5 Å². The van der Waals surface area contributed by atoms with Crippen LogP contribution in [0.3, 0.4) is 0 Å². The maximum absolute atomic E-state index is 13.7. The molecular formula is C23H13FN4O4. The summed E-state index contributed by atoms with van der Waals surface area (Å²) < 4.78 is 13.7. The average molecular weight is 428 g/mol. The van der Waals surface area contributed by atoms with E-state index in [0.29, 0.717) is 22.4 Å². The molecule has 9 heteroatoms. The minimum Gasteiger partial charge on any atom is -0.478 e. The lowest BCUT2D eigenvalue weighted by Gasteiger charge is -2.18. The van der Waals surface area contributed by atoms with E-state index >= 15 is 0 Å². The molecule has 32 heavy (non-hydrogen) atoms. The monoisotopic (exact) mass is 428 g/mol. The number of aromatic amines is 1. The van der Waals surface area contributed by atoms with Crippen molar-refractivity contribution in [3.8, 4) is 22.4 Å². The summed E-state index contributed by atoms with van der Waals surface area (Å²) in [5, 5.41) is 19.8. The van der Waals surface area contributed by atoms with E-state index in [9.17, 15) is 23.9 Å². The summed E-state index contributed by atoms with van der Waals surface area (Å²) in [6.07, 6.45) is 1.55. The van der Waals surface area contributed by atoms with Crippen LogP contribution in [-0.2, 0) is 0 Å². The van der Waals surface area contributed by atoms with Crippen LogP contribution in [0.2, 0.25) is 0 Å². The molecule has 5 rings (SSSR count). The second-order valence-corrected chi connectivity index (χ2v) is 7.11. The van der Waals surface area contributed by atoms with Gasteiger partial charge in [-0.25, -0.2) is 14.1 Å². The smallest absolute Gasteiger partial charge is 0.337 e. The number of carbonyl (C=O) groups is 3. The number of H-pyrrole nitrogens is 1. The number of halogens is 1. The first-order chi connectivity index (χ1) is 15.4. The van der Waals surface area contributed by atoms with E-state index in [1.54, 1.807) is 18.3 Å². The van der Waals surface area contributed by atoms with Crippen LogP contribution in [-0.4, -0.2) is 38.3 Å². The number of carboxylic acids is 1. The maximum Gasteiger partial charge on any atom is 0.337 e. The lowest BCUT2D eigenvalue weighted by Crippen LogP contribution is -2.31. The van der Waals surface area contributed by atoms with Gasteiger partial charge >= 0.3 is 5.97 Å². The molecular weight excluding hydrogens is 415 g/mol. The summed E-state index contributed by atoms with van der Waals surface area (Å²) in [5.74, 6) is -3.07. The van der Waals surface area contributed by atoms with E-state index in [1.165, 1.54) is 48.5 Å². The Labute approximate surface area is 179 Å². The number of amides is 2. The number of hydrogen-bond acceptors (Lipinski definition) is 5. The predicted octanol–water partition coefficient (Wildman–Crippen LogP) is 3.78. The third-order valence-corrected chi connectivity index (χ3v) is 5.23. The first-order valence-corrected chi connectivity index (χ1v) is 9.47. The average Bonchev–Trinajstić information content (AvgIpc) is 3.41. The Balaban J connectivity index is 1.63. The molecule has 0 atom stereocenters. The van der Waals surface area contributed by atoms with Crippen LogP contribution in [0.1, 0.15) is 31.1 Å². The zero-order valence-electron chi connectivity index (χ0n) is 16.2. The van der Waals surface area contributed by atoms with Crippen molar-refractivity contribution < 1.29 is 23.9 Å². The van der Waals surface area contributed by atoms with Crippen molar-refractivity contribution in [3.63, 3.8) is 0 Å². The van der Waals surface area contributed by atoms with Gasteiger partial charge in [-0.1, -0.05) is 29.5 Å². The fraction of sp³-hybridized carbons (Fsp3) is 0. The topological polar surface area (TPSA) is 116 Å². The van der Waals surface area contributed by atoms with Crippen molar-refractivity contribution in [1.29, 1.82) is 0 Å². The standard InChI is InChI=1S/C23H13FN4O4/c24-15-3-1-2-12(8-15)13-4-7-17(23(31)32)20(10-13)28-21(29)16-6-5-14(9-18(16)22(28)30)19-11-25-27-26-19/h1-11H,(H,31,32)(H,25,26,27). The van der Waals surface area contributed by atoms with E-state index in [1.807, 2.05) is 0 Å². The van der Waals surface area contributed by atoms with Crippen molar-refractivity contribution in [2.24, 2.45) is 0 Å². The zero-order chi connectivity index (χ0) is 22.4. The highest BCUT2D eigenvalue weighted by Crippen LogP contribution is 2.35. The molecule has 0 saturated heterocycles. The SMILES string of the molecule is O=C(O)c1ccc(-c2cccc(F)c2)cc1N1C(=O)c2ccc(-c3c[nH]nn3)cc2C1=O. The van der Waals surface area contributed by atoms with E-state index < -0.39 is 23.6 Å². The van der Waals surface area contributed by atoms with Gasteiger partial charge in [0.1, 0.15) is 11.5 Å².